The smallest absolute Gasteiger partial charge is 0.305 e. The molecular formula is C45H62N8O7S. The van der Waals surface area contributed by atoms with Crippen LogP contribution in [0.15, 0.2) is 41.6 Å². The van der Waals surface area contributed by atoms with E-state index in [4.69, 9.17) is 15.2 Å². The number of hydrogen-bond acceptors (Lipinski definition) is 12. The van der Waals surface area contributed by atoms with E-state index >= 15 is 0 Å². The molecule has 0 radical (unpaired) electrons. The lowest BCUT2D eigenvalue weighted by atomic mass is 9.97. The summed E-state index contributed by atoms with van der Waals surface area (Å²) < 4.78 is 37.9. The number of nitrogens with zero attached hydrogens (tertiary/aromatic N) is 5. The number of rotatable bonds is 20. The highest BCUT2D eigenvalue weighted by Gasteiger charge is 2.37. The minimum Gasteiger partial charge on any atom is -0.492 e. The number of primary amides is 1. The van der Waals surface area contributed by atoms with E-state index in [9.17, 15) is 22.8 Å². The standard InChI is InChI=1S/C45H62N8O7S/c1-29-30(2)50-51-42(29)49-43-34-24-39(61(57,58)45(3,4)5)38(25-36(34)47-28-48-43)60-27-31-19-22-52(23-20-31)21-12-10-8-7-9-11-14-32-15-13-16-33-35(32)26-53(44(33)56)37(41(46)55)17-18-40(54)59-6/h13,15-16,24-25,28,31,37H,7-12,14,17-23,26-27H2,1-6H3,(H2,46,55)(H2,47,48,49,50,51). The number of hydrogen-bond donors (Lipinski definition) is 3. The molecule has 0 saturated carbocycles. The Morgan fingerprint density at radius 1 is 1.02 bits per heavy atom. The molecule has 2 aromatic heterocycles. The van der Waals surface area contributed by atoms with Crippen molar-refractivity contribution in [1.82, 2.24) is 30.0 Å². The second-order valence-electron chi connectivity index (χ2n) is 17.5. The van der Waals surface area contributed by atoms with Gasteiger partial charge in [0.1, 0.15) is 28.8 Å². The maximum absolute atomic E-state index is 13.9. The molecule has 0 aliphatic carbocycles. The van der Waals surface area contributed by atoms with Crippen molar-refractivity contribution in [1.29, 1.82) is 0 Å². The van der Waals surface area contributed by atoms with Gasteiger partial charge in [0, 0.05) is 41.2 Å². The fourth-order valence-corrected chi connectivity index (χ4v) is 9.51. The Hall–Kier alpha value is -5.09. The minimum atomic E-state index is -3.78. The Morgan fingerprint density at radius 2 is 1.74 bits per heavy atom. The second-order valence-corrected chi connectivity index (χ2v) is 20.1. The average molecular weight is 859 g/mol. The lowest BCUT2D eigenvalue weighted by Crippen LogP contribution is -2.45. The third kappa shape index (κ3) is 10.7. The number of likely N-dealkylation sites (tertiary alicyclic amines) is 1. The fraction of sp³-hybridized carbons (Fsp3) is 0.556. The number of H-pyrrole nitrogens is 1. The van der Waals surface area contributed by atoms with E-state index < -0.39 is 32.5 Å². The van der Waals surface area contributed by atoms with Crippen LogP contribution in [0.5, 0.6) is 5.75 Å². The van der Waals surface area contributed by atoms with Gasteiger partial charge >= 0.3 is 5.97 Å². The lowest BCUT2D eigenvalue weighted by molar-refractivity contribution is -0.141. The van der Waals surface area contributed by atoms with Gasteiger partial charge in [-0.2, -0.15) is 5.10 Å². The highest BCUT2D eigenvalue weighted by molar-refractivity contribution is 7.92. The number of nitrogens with one attached hydrogen (secondary N) is 2. The molecule has 330 valence electrons. The largest absolute Gasteiger partial charge is 0.492 e. The normalized spacial score (nSPS) is 15.6. The number of fused-ring (bicyclic) bond motifs is 2. The minimum absolute atomic E-state index is 0.0138. The van der Waals surface area contributed by atoms with Crippen LogP contribution in [0, 0.1) is 19.8 Å². The summed E-state index contributed by atoms with van der Waals surface area (Å²) in [6, 6.07) is 8.26. The molecule has 4 N–H and O–H groups in total. The number of benzene rings is 2. The van der Waals surface area contributed by atoms with E-state index in [0.29, 0.717) is 52.9 Å². The van der Waals surface area contributed by atoms with Crippen LogP contribution in [0.2, 0.25) is 0 Å². The van der Waals surface area contributed by atoms with Crippen molar-refractivity contribution < 1.29 is 32.3 Å². The Kier molecular flexibility index (Phi) is 14.7. The number of aromatic nitrogens is 4. The van der Waals surface area contributed by atoms with Crippen molar-refractivity contribution in [3.05, 3.63) is 64.6 Å². The van der Waals surface area contributed by atoms with Crippen LogP contribution < -0.4 is 15.8 Å². The van der Waals surface area contributed by atoms with Gasteiger partial charge in [0.2, 0.25) is 5.91 Å². The number of aryl methyl sites for hydroxylation is 2. The number of esters is 1. The third-order valence-corrected chi connectivity index (χ3v) is 14.8. The summed E-state index contributed by atoms with van der Waals surface area (Å²) in [5.41, 5.74) is 10.8. The maximum Gasteiger partial charge on any atom is 0.305 e. The zero-order valence-electron chi connectivity index (χ0n) is 36.5. The lowest BCUT2D eigenvalue weighted by Gasteiger charge is -2.32. The molecule has 0 spiro atoms. The molecule has 1 unspecified atom stereocenters. The van der Waals surface area contributed by atoms with Crippen molar-refractivity contribution in [2.24, 2.45) is 11.7 Å². The molecule has 15 nitrogen and oxygen atoms in total. The van der Waals surface area contributed by atoms with Crippen molar-refractivity contribution in [3.63, 3.8) is 0 Å². The van der Waals surface area contributed by atoms with Gasteiger partial charge in [-0.05, 0) is 122 Å². The van der Waals surface area contributed by atoms with Crippen molar-refractivity contribution in [2.45, 2.75) is 127 Å². The summed E-state index contributed by atoms with van der Waals surface area (Å²) in [5.74, 6) is 0.434. The zero-order chi connectivity index (χ0) is 43.9. The van der Waals surface area contributed by atoms with E-state index in [1.807, 2.05) is 19.9 Å². The molecule has 1 fully saturated rings. The quantitative estimate of drug-likeness (QED) is 0.0626. The summed E-state index contributed by atoms with van der Waals surface area (Å²) >= 11 is 0. The number of piperidine rings is 1. The summed E-state index contributed by atoms with van der Waals surface area (Å²) in [4.78, 5) is 50.2. The van der Waals surface area contributed by atoms with Crippen LogP contribution in [-0.4, -0.2) is 100 Å². The van der Waals surface area contributed by atoms with Crippen molar-refractivity contribution >= 4 is 50.2 Å². The van der Waals surface area contributed by atoms with Gasteiger partial charge < -0.3 is 30.3 Å². The van der Waals surface area contributed by atoms with Crippen LogP contribution in [0.3, 0.4) is 0 Å². The first-order chi connectivity index (χ1) is 29.1. The van der Waals surface area contributed by atoms with Gasteiger partial charge in [-0.1, -0.05) is 37.8 Å². The molecule has 2 aliphatic heterocycles. The number of unbranched alkanes of at least 4 members (excludes halogenated alkanes) is 5. The Balaban J connectivity index is 0.931. The van der Waals surface area contributed by atoms with Gasteiger partial charge in [0.15, 0.2) is 15.7 Å². The Labute approximate surface area is 359 Å². The summed E-state index contributed by atoms with van der Waals surface area (Å²) in [6.07, 6.45) is 11.2. The number of ether oxygens (including phenoxy) is 2. The number of carbonyl (C=O) groups is 3. The Morgan fingerprint density at radius 3 is 2.41 bits per heavy atom. The first-order valence-electron chi connectivity index (χ1n) is 21.5. The third-order valence-electron chi connectivity index (χ3n) is 12.3. The molecule has 1 atom stereocenters. The van der Waals surface area contributed by atoms with E-state index in [-0.39, 0.29) is 23.6 Å². The monoisotopic (exact) mass is 858 g/mol. The summed E-state index contributed by atoms with van der Waals surface area (Å²) in [5, 5.41) is 11.1. The van der Waals surface area contributed by atoms with E-state index in [0.717, 1.165) is 87.0 Å². The van der Waals surface area contributed by atoms with Crippen LogP contribution in [0.25, 0.3) is 10.9 Å². The molecule has 0 bridgehead atoms. The van der Waals surface area contributed by atoms with Gasteiger partial charge in [-0.3, -0.25) is 19.5 Å². The molecule has 16 heteroatoms. The highest BCUT2D eigenvalue weighted by Crippen LogP contribution is 2.38. The van der Waals surface area contributed by atoms with Crippen LogP contribution in [0.4, 0.5) is 11.6 Å². The summed E-state index contributed by atoms with van der Waals surface area (Å²) in [6.45, 7) is 12.8. The van der Waals surface area contributed by atoms with Crippen LogP contribution in [-0.2, 0) is 37.1 Å². The van der Waals surface area contributed by atoms with E-state index in [1.54, 1.807) is 39.0 Å². The first kappa shape index (κ1) is 45.4. The second kappa shape index (κ2) is 19.7. The molecule has 61 heavy (non-hydrogen) atoms. The molecule has 2 amide bonds. The zero-order valence-corrected chi connectivity index (χ0v) is 37.3. The van der Waals surface area contributed by atoms with Crippen LogP contribution >= 0.6 is 0 Å². The van der Waals surface area contributed by atoms with Crippen LogP contribution in [0.1, 0.15) is 118 Å². The van der Waals surface area contributed by atoms with Gasteiger partial charge in [-0.15, -0.1) is 0 Å². The van der Waals surface area contributed by atoms with Crippen molar-refractivity contribution in [3.8, 4) is 5.75 Å². The number of carbonyl (C=O) groups excluding carboxylic acids is 3. The Bertz CT molecular complexity index is 2310. The van der Waals surface area contributed by atoms with Crippen molar-refractivity contribution in [2.75, 3.05) is 38.7 Å². The number of anilines is 2. The molecule has 2 aliphatic rings. The predicted molar refractivity (Wildman–Crippen MR) is 234 cm³/mol. The predicted octanol–water partition coefficient (Wildman–Crippen LogP) is 6.72. The molecular weight excluding hydrogens is 797 g/mol. The molecule has 4 heterocycles. The number of aromatic amines is 1. The molecule has 2 aromatic carbocycles. The van der Waals surface area contributed by atoms with Gasteiger partial charge in [0.05, 0.1) is 24.0 Å². The van der Waals surface area contributed by atoms with E-state index in [1.165, 1.54) is 31.2 Å². The molecule has 6 rings (SSSR count). The molecule has 1 saturated heterocycles. The molecule has 4 aromatic rings. The average Bonchev–Trinajstić information content (AvgIpc) is 3.74. The van der Waals surface area contributed by atoms with E-state index in [2.05, 4.69) is 36.4 Å². The first-order valence-corrected chi connectivity index (χ1v) is 23.0. The number of methoxy groups -OCH3 is 1. The van der Waals surface area contributed by atoms with Gasteiger partial charge in [-0.25, -0.2) is 18.4 Å². The fourth-order valence-electron chi connectivity index (χ4n) is 8.19. The summed E-state index contributed by atoms with van der Waals surface area (Å²) in [7, 11) is -2.48. The number of amides is 2. The highest BCUT2D eigenvalue weighted by atomic mass is 32.2. The number of sulfone groups is 1. The SMILES string of the molecule is COC(=O)CCC(C(N)=O)N1Cc2c(CCCCCCCCN3CCC(COc4cc5ncnc(Nc6n[nH]c(C)c6C)c5cc4S(=O)(=O)C(C)(C)C)CC3)cccc2C1=O. The topological polar surface area (TPSA) is 203 Å². The number of nitrogens with two attached hydrogens (primary N) is 1. The maximum atomic E-state index is 13.9. The van der Waals surface area contributed by atoms with Gasteiger partial charge in [0.25, 0.3) is 5.91 Å².